The fourth-order valence-electron chi connectivity index (χ4n) is 6.04. The first kappa shape index (κ1) is 37.4. The molecule has 0 saturated heterocycles. The van der Waals surface area contributed by atoms with Gasteiger partial charge in [-0.1, -0.05) is 18.2 Å². The number of hydrogen-bond donors (Lipinski definition) is 5. The van der Waals surface area contributed by atoms with Crippen LogP contribution in [0.2, 0.25) is 0 Å². The summed E-state index contributed by atoms with van der Waals surface area (Å²) in [6.45, 7) is 1.89. The lowest BCUT2D eigenvalue weighted by atomic mass is 9.84. The quantitative estimate of drug-likeness (QED) is 0.126. The van der Waals surface area contributed by atoms with E-state index in [9.17, 15) is 34.8 Å². The van der Waals surface area contributed by atoms with Crippen molar-refractivity contribution in [3.05, 3.63) is 70.3 Å². The molecular weight excluding hydrogens is 646 g/mol. The number of fused-ring (bicyclic) bond motifs is 1. The number of allylic oxidation sites excluding steroid dienone is 1. The molecule has 50 heavy (non-hydrogen) atoms. The van der Waals surface area contributed by atoms with E-state index in [1.807, 2.05) is 0 Å². The SMILES string of the molecule is COc1cc(C(CC(=O)NCCc2ccc(O)c(O)c2)c2c(O)cc3c(c2O)C(=O)OC(C)CCCC(=O)CCCC=C3)cc(OC)c1OC. The molecule has 4 rings (SSSR count). The molecule has 2 unspecified atom stereocenters. The van der Waals surface area contributed by atoms with Crippen LogP contribution in [0.15, 0.2) is 42.5 Å². The van der Waals surface area contributed by atoms with Gasteiger partial charge in [0.25, 0.3) is 0 Å². The molecule has 0 spiro atoms. The molecule has 5 N–H and O–H groups in total. The van der Waals surface area contributed by atoms with Crippen LogP contribution in [0.4, 0.5) is 0 Å². The van der Waals surface area contributed by atoms with Gasteiger partial charge in [0, 0.05) is 37.3 Å². The van der Waals surface area contributed by atoms with Crippen LogP contribution in [0, 0.1) is 0 Å². The summed E-state index contributed by atoms with van der Waals surface area (Å²) in [4.78, 5) is 39.4. The molecule has 1 heterocycles. The van der Waals surface area contributed by atoms with Crippen molar-refractivity contribution in [2.75, 3.05) is 27.9 Å². The molecule has 0 bridgehead atoms. The minimum absolute atomic E-state index is 0.0821. The van der Waals surface area contributed by atoms with Crippen LogP contribution in [-0.4, -0.2) is 72.1 Å². The van der Waals surface area contributed by atoms with Gasteiger partial charge in [0.1, 0.15) is 22.8 Å². The van der Waals surface area contributed by atoms with Gasteiger partial charge in [-0.2, -0.15) is 0 Å². The van der Waals surface area contributed by atoms with Crippen molar-refractivity contribution in [2.45, 2.75) is 70.3 Å². The van der Waals surface area contributed by atoms with Crippen molar-refractivity contribution in [1.29, 1.82) is 0 Å². The number of benzene rings is 3. The van der Waals surface area contributed by atoms with Gasteiger partial charge in [0.05, 0.1) is 27.4 Å². The van der Waals surface area contributed by atoms with Crippen molar-refractivity contribution < 1.29 is 53.8 Å². The lowest BCUT2D eigenvalue weighted by molar-refractivity contribution is -0.121. The number of carbonyl (C=O) groups excluding carboxylic acids is 3. The highest BCUT2D eigenvalue weighted by molar-refractivity contribution is 5.98. The molecule has 0 radical (unpaired) electrons. The molecule has 1 amide bonds. The highest BCUT2D eigenvalue weighted by Crippen LogP contribution is 2.47. The number of hydrogen-bond acceptors (Lipinski definition) is 11. The Bertz CT molecular complexity index is 1710. The number of nitrogens with one attached hydrogen (secondary N) is 1. The Morgan fingerprint density at radius 3 is 2.28 bits per heavy atom. The number of ketones is 1. The predicted octanol–water partition coefficient (Wildman–Crippen LogP) is 5.90. The van der Waals surface area contributed by atoms with E-state index in [4.69, 9.17) is 18.9 Å². The molecule has 0 aliphatic carbocycles. The Morgan fingerprint density at radius 1 is 0.920 bits per heavy atom. The highest BCUT2D eigenvalue weighted by Gasteiger charge is 2.32. The maximum Gasteiger partial charge on any atom is 0.342 e. The molecule has 0 saturated carbocycles. The minimum Gasteiger partial charge on any atom is -0.507 e. The number of aromatic hydroxyl groups is 4. The van der Waals surface area contributed by atoms with Crippen molar-refractivity contribution in [3.63, 3.8) is 0 Å². The first-order valence-corrected chi connectivity index (χ1v) is 16.5. The number of phenols is 4. The molecule has 1 aliphatic rings. The summed E-state index contributed by atoms with van der Waals surface area (Å²) >= 11 is 0. The molecule has 1 aliphatic heterocycles. The van der Waals surface area contributed by atoms with Crippen molar-refractivity contribution >= 4 is 23.7 Å². The number of amides is 1. The zero-order valence-corrected chi connectivity index (χ0v) is 28.8. The van der Waals surface area contributed by atoms with Crippen LogP contribution in [0.1, 0.15) is 90.4 Å². The van der Waals surface area contributed by atoms with Gasteiger partial charge in [0.15, 0.2) is 23.0 Å². The van der Waals surface area contributed by atoms with Crippen LogP contribution in [0.5, 0.6) is 40.2 Å². The first-order chi connectivity index (χ1) is 24.0. The van der Waals surface area contributed by atoms with Crippen LogP contribution < -0.4 is 19.5 Å². The fraction of sp³-hybridized carbons (Fsp3) is 0.395. The maximum absolute atomic E-state index is 13.7. The molecule has 2 atom stereocenters. The van der Waals surface area contributed by atoms with E-state index in [1.165, 1.54) is 39.5 Å². The van der Waals surface area contributed by atoms with Crippen LogP contribution >= 0.6 is 0 Å². The number of esters is 1. The predicted molar refractivity (Wildman–Crippen MR) is 185 cm³/mol. The maximum atomic E-state index is 13.7. The molecule has 0 fully saturated rings. The van der Waals surface area contributed by atoms with Crippen LogP contribution in [-0.2, 0) is 20.7 Å². The van der Waals surface area contributed by atoms with E-state index in [0.717, 1.165) is 0 Å². The van der Waals surface area contributed by atoms with E-state index >= 15 is 0 Å². The third-order valence-electron chi connectivity index (χ3n) is 8.65. The molecule has 3 aromatic rings. The Morgan fingerprint density at radius 2 is 1.62 bits per heavy atom. The molecule has 3 aromatic carbocycles. The average Bonchev–Trinajstić information content (AvgIpc) is 3.07. The van der Waals surface area contributed by atoms with E-state index in [1.54, 1.807) is 37.3 Å². The van der Waals surface area contributed by atoms with Crippen LogP contribution in [0.25, 0.3) is 6.08 Å². The Kier molecular flexibility index (Phi) is 13.0. The summed E-state index contributed by atoms with van der Waals surface area (Å²) in [6, 6.07) is 8.94. The number of phenolic OH excluding ortho intramolecular Hbond substituents is 4. The second-order valence-corrected chi connectivity index (χ2v) is 12.2. The third kappa shape index (κ3) is 9.19. The van der Waals surface area contributed by atoms with E-state index in [-0.39, 0.29) is 64.2 Å². The van der Waals surface area contributed by atoms with Gasteiger partial charge in [-0.25, -0.2) is 4.79 Å². The Labute approximate surface area is 291 Å². The summed E-state index contributed by atoms with van der Waals surface area (Å²) in [5.41, 5.74) is 1.05. The largest absolute Gasteiger partial charge is 0.507 e. The normalized spacial score (nSPS) is 16.0. The zero-order valence-electron chi connectivity index (χ0n) is 28.8. The summed E-state index contributed by atoms with van der Waals surface area (Å²) in [7, 11) is 4.32. The van der Waals surface area contributed by atoms with E-state index in [2.05, 4.69) is 5.32 Å². The molecule has 12 nitrogen and oxygen atoms in total. The molecular formula is C38H45NO11. The number of Topliss-reactive ketones (excluding diaryl/α,β-unsaturated/α-hetero) is 1. The third-order valence-corrected chi connectivity index (χ3v) is 8.65. The smallest absolute Gasteiger partial charge is 0.342 e. The first-order valence-electron chi connectivity index (χ1n) is 16.5. The van der Waals surface area contributed by atoms with Gasteiger partial charge >= 0.3 is 5.97 Å². The zero-order chi connectivity index (χ0) is 36.4. The average molecular weight is 692 g/mol. The van der Waals surface area contributed by atoms with Gasteiger partial charge in [-0.3, -0.25) is 9.59 Å². The van der Waals surface area contributed by atoms with Gasteiger partial charge in [-0.15, -0.1) is 0 Å². The summed E-state index contributed by atoms with van der Waals surface area (Å²) in [5.74, 6) is -2.75. The molecule has 0 aromatic heterocycles. The Hall–Kier alpha value is -5.39. The van der Waals surface area contributed by atoms with Crippen molar-refractivity contribution in [1.82, 2.24) is 5.32 Å². The summed E-state index contributed by atoms with van der Waals surface area (Å²) < 4.78 is 22.3. The fourth-order valence-corrected chi connectivity index (χ4v) is 6.04. The monoisotopic (exact) mass is 691 g/mol. The van der Waals surface area contributed by atoms with Gasteiger partial charge in [-0.05, 0) is 86.1 Å². The lowest BCUT2D eigenvalue weighted by Gasteiger charge is -2.24. The van der Waals surface area contributed by atoms with E-state index < -0.39 is 29.6 Å². The van der Waals surface area contributed by atoms with E-state index in [0.29, 0.717) is 61.8 Å². The summed E-state index contributed by atoms with van der Waals surface area (Å²) in [6.07, 6.45) is 5.85. The lowest BCUT2D eigenvalue weighted by Crippen LogP contribution is -2.27. The number of rotatable bonds is 10. The van der Waals surface area contributed by atoms with Gasteiger partial charge in [0.2, 0.25) is 11.7 Å². The molecule has 268 valence electrons. The number of methoxy groups -OCH3 is 3. The molecule has 12 heteroatoms. The second kappa shape index (κ2) is 17.3. The van der Waals surface area contributed by atoms with Gasteiger partial charge < -0.3 is 44.7 Å². The van der Waals surface area contributed by atoms with Crippen LogP contribution in [0.3, 0.4) is 0 Å². The second-order valence-electron chi connectivity index (χ2n) is 12.2. The Balaban J connectivity index is 1.79. The number of cyclic esters (lactones) is 1. The minimum atomic E-state index is -1.03. The highest BCUT2D eigenvalue weighted by atomic mass is 16.5. The standard InChI is InChI=1S/C38H45NO11/c1-22-9-8-12-26(40)11-7-5-6-10-24-18-30(43)35(36(45)34(24)38(46)50-22)27(25-19-31(47-2)37(49-4)32(20-25)48-3)21-33(44)39-16-15-23-13-14-28(41)29(42)17-23/h6,10,13-14,17-20,22,27,41-43,45H,5,7-9,11-12,15-16,21H2,1-4H3,(H,39,44). The summed E-state index contributed by atoms with van der Waals surface area (Å²) in [5, 5.41) is 45.7. The topological polar surface area (TPSA) is 181 Å². The number of ether oxygens (including phenoxy) is 4. The number of carbonyl (C=O) groups is 3. The van der Waals surface area contributed by atoms with Crippen molar-refractivity contribution in [2.24, 2.45) is 0 Å². The van der Waals surface area contributed by atoms with Crippen molar-refractivity contribution in [3.8, 4) is 40.2 Å².